The van der Waals surface area contributed by atoms with Crippen molar-refractivity contribution < 1.29 is 61.5 Å². The lowest BCUT2D eigenvalue weighted by atomic mass is 10.0. The molecule has 0 saturated carbocycles. The smallest absolute Gasteiger partial charge is 0.119 e. The van der Waals surface area contributed by atoms with E-state index < -0.39 is 7.82 Å². The second-order valence-electron chi connectivity index (χ2n) is 10.5. The molecule has 13 nitrogen and oxygen atoms in total. The molecule has 1 aromatic carbocycles. The number of phosphoric ester groups is 1. The summed E-state index contributed by atoms with van der Waals surface area (Å²) in [4.78, 5) is 20.5. The summed E-state index contributed by atoms with van der Waals surface area (Å²) < 4.78 is 63.3. The molecule has 0 N–H and O–H groups in total. The summed E-state index contributed by atoms with van der Waals surface area (Å²) in [6, 6.07) is 8.41. The number of hydrogen-bond donors (Lipinski definition) is 0. The topological polar surface area (TPSA) is 155 Å². The van der Waals surface area contributed by atoms with E-state index in [9.17, 15) is 14.4 Å². The molecule has 0 aliphatic heterocycles. The highest BCUT2D eigenvalue weighted by molar-refractivity contribution is 7.43. The lowest BCUT2D eigenvalue weighted by Crippen LogP contribution is -2.19. The van der Waals surface area contributed by atoms with Crippen LogP contribution in [0.2, 0.25) is 0 Å². The average molecular weight is 695 g/mol. The Morgan fingerprint density at radius 2 is 0.809 bits per heavy atom. The zero-order valence-corrected chi connectivity index (χ0v) is 29.3. The van der Waals surface area contributed by atoms with Gasteiger partial charge in [-0.3, -0.25) is 0 Å². The van der Waals surface area contributed by atoms with Crippen molar-refractivity contribution in [2.45, 2.75) is 58.3 Å². The fourth-order valence-electron chi connectivity index (χ4n) is 4.11. The molecule has 1 rings (SSSR count). The van der Waals surface area contributed by atoms with Gasteiger partial charge in [-0.15, -0.1) is 0 Å². The number of aryl methyl sites for hydroxylation is 1. The molecular formula is C33H59O13P-2. The Labute approximate surface area is 282 Å². The van der Waals surface area contributed by atoms with Crippen LogP contribution in [-0.2, 0) is 53.4 Å². The van der Waals surface area contributed by atoms with E-state index in [1.807, 2.05) is 12.1 Å². The maximum absolute atomic E-state index is 10.3. The number of unbranched alkanes of at least 4 members (excludes halogenated alkanes) is 6. The predicted molar refractivity (Wildman–Crippen MR) is 174 cm³/mol. The summed E-state index contributed by atoms with van der Waals surface area (Å²) in [5.74, 6) is 0.875. The van der Waals surface area contributed by atoms with Crippen LogP contribution < -0.4 is 14.5 Å². The summed E-state index contributed by atoms with van der Waals surface area (Å²) in [5.41, 5.74) is 1.37. The van der Waals surface area contributed by atoms with Gasteiger partial charge in [0.1, 0.15) is 12.4 Å². The van der Waals surface area contributed by atoms with E-state index in [0.29, 0.717) is 99.1 Å². The van der Waals surface area contributed by atoms with Crippen LogP contribution in [0.5, 0.6) is 5.75 Å². The number of ether oxygens (including phenoxy) is 9. The first-order valence-corrected chi connectivity index (χ1v) is 18.5. The lowest BCUT2D eigenvalue weighted by Gasteiger charge is -2.28. The van der Waals surface area contributed by atoms with Crippen LogP contribution in [0.25, 0.3) is 0 Å². The van der Waals surface area contributed by atoms with Crippen molar-refractivity contribution in [1.82, 2.24) is 0 Å². The Morgan fingerprint density at radius 1 is 0.468 bits per heavy atom. The van der Waals surface area contributed by atoms with Gasteiger partial charge in [-0.1, -0.05) is 57.6 Å². The molecule has 14 heteroatoms. The van der Waals surface area contributed by atoms with Crippen molar-refractivity contribution in [3.63, 3.8) is 0 Å². The first-order chi connectivity index (χ1) is 23.0. The monoisotopic (exact) mass is 694 g/mol. The van der Waals surface area contributed by atoms with Crippen molar-refractivity contribution in [3.05, 3.63) is 29.8 Å². The molecule has 0 aromatic heterocycles. The van der Waals surface area contributed by atoms with Crippen molar-refractivity contribution in [2.75, 3.05) is 119 Å². The van der Waals surface area contributed by atoms with Gasteiger partial charge in [0, 0.05) is 0 Å². The molecule has 0 atom stereocenters. The van der Waals surface area contributed by atoms with Crippen molar-refractivity contribution in [2.24, 2.45) is 0 Å². The fraction of sp³-hybridized carbons (Fsp3) is 0.818. The average Bonchev–Trinajstić information content (AvgIpc) is 3.05. The van der Waals surface area contributed by atoms with Crippen LogP contribution in [-0.4, -0.2) is 119 Å². The Balaban J connectivity index is 1.72. The molecule has 0 unspecified atom stereocenters. The van der Waals surface area contributed by atoms with Gasteiger partial charge in [0.2, 0.25) is 0 Å². The maximum atomic E-state index is 10.3. The number of hydrogen-bond acceptors (Lipinski definition) is 13. The second kappa shape index (κ2) is 33.3. The highest BCUT2D eigenvalue weighted by Crippen LogP contribution is 2.23. The molecule has 0 spiro atoms. The number of phosphoric acid groups is 1. The number of benzene rings is 1. The Hall–Kier alpha value is -1.19. The van der Waals surface area contributed by atoms with Gasteiger partial charge in [0.25, 0.3) is 0 Å². The van der Waals surface area contributed by atoms with Gasteiger partial charge in [-0.25, -0.2) is 0 Å². The molecule has 0 aliphatic rings. The van der Waals surface area contributed by atoms with E-state index >= 15 is 0 Å². The molecule has 1 aromatic rings. The Kier molecular flexibility index (Phi) is 31.1. The van der Waals surface area contributed by atoms with Gasteiger partial charge in [0.05, 0.1) is 120 Å². The highest BCUT2D eigenvalue weighted by Gasteiger charge is 1.99. The summed E-state index contributed by atoms with van der Waals surface area (Å²) in [5, 5.41) is 0. The molecule has 0 heterocycles. The van der Waals surface area contributed by atoms with Crippen LogP contribution >= 0.6 is 7.82 Å². The third kappa shape index (κ3) is 33.1. The van der Waals surface area contributed by atoms with Crippen LogP contribution in [0.4, 0.5) is 0 Å². The number of rotatable bonds is 37. The van der Waals surface area contributed by atoms with E-state index in [-0.39, 0.29) is 19.8 Å². The third-order valence-corrected chi connectivity index (χ3v) is 7.07. The normalized spacial score (nSPS) is 11.8. The molecule has 47 heavy (non-hydrogen) atoms. The molecule has 0 amide bonds. The van der Waals surface area contributed by atoms with E-state index in [1.165, 1.54) is 50.5 Å². The molecule has 0 radical (unpaired) electrons. The minimum atomic E-state index is -4.93. The molecule has 0 bridgehead atoms. The minimum absolute atomic E-state index is 0.00133. The van der Waals surface area contributed by atoms with E-state index in [1.54, 1.807) is 0 Å². The largest absolute Gasteiger partial charge is 0.790 e. The summed E-state index contributed by atoms with van der Waals surface area (Å²) in [6.07, 6.45) is 10.5. The molecular weight excluding hydrogens is 635 g/mol. The third-order valence-electron chi connectivity index (χ3n) is 6.57. The lowest BCUT2D eigenvalue weighted by molar-refractivity contribution is -0.342. The molecule has 0 aliphatic carbocycles. The van der Waals surface area contributed by atoms with Crippen LogP contribution in [0.15, 0.2) is 24.3 Å². The quantitative estimate of drug-likeness (QED) is 0.0739. The Morgan fingerprint density at radius 3 is 1.19 bits per heavy atom. The zero-order valence-electron chi connectivity index (χ0n) is 28.4. The SMILES string of the molecule is CCCCCCCCCc1ccc(OCCOCCOCCOCCOCCOCCOCCOCCOCCOP(=O)([O-])[O-])cc1. The van der Waals surface area contributed by atoms with Gasteiger partial charge < -0.3 is 61.5 Å². The summed E-state index contributed by atoms with van der Waals surface area (Å²) in [7, 11) is -4.93. The van der Waals surface area contributed by atoms with Gasteiger partial charge >= 0.3 is 0 Å². The predicted octanol–water partition coefficient (Wildman–Crippen LogP) is 3.34. The van der Waals surface area contributed by atoms with Crippen molar-refractivity contribution >= 4 is 7.82 Å². The van der Waals surface area contributed by atoms with E-state index in [4.69, 9.17) is 42.6 Å². The highest BCUT2D eigenvalue weighted by atomic mass is 31.2. The van der Waals surface area contributed by atoms with Crippen molar-refractivity contribution in [1.29, 1.82) is 0 Å². The van der Waals surface area contributed by atoms with Gasteiger partial charge in [0.15, 0.2) is 0 Å². The summed E-state index contributed by atoms with van der Waals surface area (Å²) in [6.45, 7) is 9.19. The van der Waals surface area contributed by atoms with Gasteiger partial charge in [-0.2, -0.15) is 0 Å². The zero-order chi connectivity index (χ0) is 33.9. The first kappa shape index (κ1) is 43.8. The Bertz CT molecular complexity index is 825. The second-order valence-corrected chi connectivity index (χ2v) is 11.7. The van der Waals surface area contributed by atoms with E-state index in [2.05, 4.69) is 23.6 Å². The maximum Gasteiger partial charge on any atom is 0.119 e. The molecule has 276 valence electrons. The van der Waals surface area contributed by atoms with E-state index in [0.717, 1.165) is 12.2 Å². The minimum Gasteiger partial charge on any atom is -0.790 e. The first-order valence-electron chi connectivity index (χ1n) is 17.0. The van der Waals surface area contributed by atoms with Crippen molar-refractivity contribution in [3.8, 4) is 5.75 Å². The van der Waals surface area contributed by atoms with Gasteiger partial charge in [-0.05, 0) is 30.5 Å². The van der Waals surface area contributed by atoms with Crippen LogP contribution in [0.3, 0.4) is 0 Å². The van der Waals surface area contributed by atoms with Crippen LogP contribution in [0, 0.1) is 0 Å². The fourth-order valence-corrected chi connectivity index (χ4v) is 4.40. The summed E-state index contributed by atoms with van der Waals surface area (Å²) >= 11 is 0. The standard InChI is InChI=1S/C33H61O13P/c1-2-3-4-5-6-7-8-9-32-10-12-33(13-11-32)45-30-28-43-26-24-41-22-20-39-18-16-37-14-15-38-17-19-40-21-23-42-25-27-44-29-31-46-47(34,35)36/h10-13H,2-9,14-31H2,1H3,(H2,34,35,36)/p-2. The molecule has 0 fully saturated rings. The molecule has 0 saturated heterocycles. The van der Waals surface area contributed by atoms with Crippen LogP contribution in [0.1, 0.15) is 57.4 Å².